The van der Waals surface area contributed by atoms with E-state index in [2.05, 4.69) is 17.0 Å². The highest BCUT2D eigenvalue weighted by Crippen LogP contribution is 2.45. The first-order valence-electron chi connectivity index (χ1n) is 10.9. The lowest BCUT2D eigenvalue weighted by Crippen LogP contribution is -2.40. The number of para-hydroxylation sites is 1. The molecule has 0 bridgehead atoms. The van der Waals surface area contributed by atoms with Crippen LogP contribution in [0.1, 0.15) is 29.5 Å². The normalized spacial score (nSPS) is 20.4. The van der Waals surface area contributed by atoms with Crippen LogP contribution in [0.5, 0.6) is 0 Å². The van der Waals surface area contributed by atoms with Gasteiger partial charge in [0.05, 0.1) is 17.1 Å². The zero-order valence-corrected chi connectivity index (χ0v) is 18.8. The SMILES string of the molecule is NS(=O)(=O)c1ccc([C@]2(O)C(=O)N(Cc3ccc(N4CCCC4)cc3)c3ccccc32)cc1. The summed E-state index contributed by atoms with van der Waals surface area (Å²) in [6, 6.07) is 20.8. The number of rotatable bonds is 5. The number of carbonyl (C=O) groups excluding carboxylic acids is 1. The van der Waals surface area contributed by atoms with Gasteiger partial charge in [-0.2, -0.15) is 0 Å². The van der Waals surface area contributed by atoms with Gasteiger partial charge in [-0.1, -0.05) is 42.5 Å². The van der Waals surface area contributed by atoms with E-state index in [1.54, 1.807) is 17.0 Å². The molecule has 1 fully saturated rings. The Labute approximate surface area is 193 Å². The second-order valence-corrected chi connectivity index (χ2v) is 10.1. The van der Waals surface area contributed by atoms with Crippen LogP contribution in [0, 0.1) is 0 Å². The minimum atomic E-state index is -3.88. The number of fused-ring (bicyclic) bond motifs is 1. The van der Waals surface area contributed by atoms with Gasteiger partial charge in [0.2, 0.25) is 10.0 Å². The van der Waals surface area contributed by atoms with E-state index in [-0.39, 0.29) is 4.90 Å². The van der Waals surface area contributed by atoms with Crippen LogP contribution in [0.3, 0.4) is 0 Å². The second kappa shape index (κ2) is 7.98. The van der Waals surface area contributed by atoms with E-state index in [4.69, 9.17) is 5.14 Å². The molecule has 5 rings (SSSR count). The van der Waals surface area contributed by atoms with Gasteiger partial charge in [0.25, 0.3) is 5.91 Å². The second-order valence-electron chi connectivity index (χ2n) is 8.55. The largest absolute Gasteiger partial charge is 0.372 e. The standard InChI is InChI=1S/C25H25N3O4S/c26-33(31,32)21-13-9-19(10-14-21)25(30)22-5-1-2-6-23(22)28(24(25)29)17-18-7-11-20(12-8-18)27-15-3-4-16-27/h1-2,5-14,30H,3-4,15-17H2,(H2,26,31,32)/t25-/m1/s1. The molecule has 3 aromatic rings. The van der Waals surface area contributed by atoms with Gasteiger partial charge in [0, 0.05) is 24.3 Å². The number of nitrogens with two attached hydrogens (primary N) is 1. The molecule has 0 saturated carbocycles. The number of amides is 1. The Hall–Kier alpha value is -3.20. The average Bonchev–Trinajstić information content (AvgIpc) is 3.43. The molecule has 3 aromatic carbocycles. The average molecular weight is 464 g/mol. The van der Waals surface area contributed by atoms with Crippen LogP contribution >= 0.6 is 0 Å². The predicted molar refractivity (Wildman–Crippen MR) is 126 cm³/mol. The molecule has 0 aliphatic carbocycles. The Morgan fingerprint density at radius 3 is 2.18 bits per heavy atom. The number of sulfonamides is 1. The first-order valence-corrected chi connectivity index (χ1v) is 12.4. The Kier molecular flexibility index (Phi) is 5.23. The molecule has 1 atom stereocenters. The first kappa shape index (κ1) is 21.6. The van der Waals surface area contributed by atoms with Crippen molar-refractivity contribution in [2.45, 2.75) is 29.9 Å². The van der Waals surface area contributed by atoms with Crippen molar-refractivity contribution in [1.29, 1.82) is 0 Å². The third-order valence-corrected chi connectivity index (χ3v) is 7.42. The predicted octanol–water partition coefficient (Wildman–Crippen LogP) is 2.72. The number of hydrogen-bond acceptors (Lipinski definition) is 5. The highest BCUT2D eigenvalue weighted by atomic mass is 32.2. The fourth-order valence-corrected chi connectivity index (χ4v) is 5.24. The van der Waals surface area contributed by atoms with Crippen LogP contribution in [-0.4, -0.2) is 32.5 Å². The lowest BCUT2D eigenvalue weighted by Gasteiger charge is -2.24. The molecular formula is C25H25N3O4S. The zero-order valence-electron chi connectivity index (χ0n) is 18.0. The molecular weight excluding hydrogens is 438 g/mol. The molecule has 1 amide bonds. The van der Waals surface area contributed by atoms with Gasteiger partial charge in [0.1, 0.15) is 0 Å². The quantitative estimate of drug-likeness (QED) is 0.606. The van der Waals surface area contributed by atoms with Crippen LogP contribution in [0.15, 0.2) is 77.7 Å². The summed E-state index contributed by atoms with van der Waals surface area (Å²) < 4.78 is 23.2. The minimum Gasteiger partial charge on any atom is -0.372 e. The van der Waals surface area contributed by atoms with Crippen LogP contribution in [0.4, 0.5) is 11.4 Å². The summed E-state index contributed by atoms with van der Waals surface area (Å²) in [5.74, 6) is -0.476. The lowest BCUT2D eigenvalue weighted by molar-refractivity contribution is -0.132. The van der Waals surface area contributed by atoms with E-state index >= 15 is 0 Å². The Balaban J connectivity index is 1.47. The minimum absolute atomic E-state index is 0.0801. The van der Waals surface area contributed by atoms with Gasteiger partial charge < -0.3 is 14.9 Å². The number of anilines is 2. The van der Waals surface area contributed by atoms with Gasteiger partial charge in [-0.15, -0.1) is 0 Å². The number of nitrogens with zero attached hydrogens (tertiary/aromatic N) is 2. The summed E-state index contributed by atoms with van der Waals surface area (Å²) >= 11 is 0. The maximum Gasteiger partial charge on any atom is 0.268 e. The van der Waals surface area contributed by atoms with Gasteiger partial charge in [-0.3, -0.25) is 4.79 Å². The molecule has 2 aliphatic heterocycles. The van der Waals surface area contributed by atoms with Crippen LogP contribution in [0.25, 0.3) is 0 Å². The van der Waals surface area contributed by atoms with E-state index in [1.807, 2.05) is 24.3 Å². The lowest BCUT2D eigenvalue weighted by atomic mass is 9.87. The molecule has 33 heavy (non-hydrogen) atoms. The van der Waals surface area contributed by atoms with E-state index in [1.165, 1.54) is 42.8 Å². The summed E-state index contributed by atoms with van der Waals surface area (Å²) in [4.78, 5) is 17.4. The number of benzene rings is 3. The van der Waals surface area contributed by atoms with Gasteiger partial charge in [-0.05, 0) is 54.3 Å². The Morgan fingerprint density at radius 2 is 1.55 bits per heavy atom. The Bertz CT molecular complexity index is 1300. The molecule has 8 heteroatoms. The van der Waals surface area contributed by atoms with Gasteiger partial charge in [-0.25, -0.2) is 13.6 Å². The molecule has 2 heterocycles. The topological polar surface area (TPSA) is 104 Å². The molecule has 170 valence electrons. The molecule has 0 aromatic heterocycles. The zero-order chi connectivity index (χ0) is 23.2. The van der Waals surface area contributed by atoms with E-state index in [0.717, 1.165) is 18.7 Å². The molecule has 0 radical (unpaired) electrons. The van der Waals surface area contributed by atoms with Crippen molar-refractivity contribution in [1.82, 2.24) is 0 Å². The van der Waals surface area contributed by atoms with E-state index in [0.29, 0.717) is 23.4 Å². The number of carbonyl (C=O) groups is 1. The van der Waals surface area contributed by atoms with E-state index in [9.17, 15) is 18.3 Å². The third-order valence-electron chi connectivity index (χ3n) is 6.49. The highest BCUT2D eigenvalue weighted by Gasteiger charge is 2.50. The summed E-state index contributed by atoms with van der Waals surface area (Å²) in [5.41, 5.74) is 1.60. The first-order chi connectivity index (χ1) is 15.8. The summed E-state index contributed by atoms with van der Waals surface area (Å²) in [6.45, 7) is 2.44. The van der Waals surface area contributed by atoms with Crippen LogP contribution in [-0.2, 0) is 27.0 Å². The molecule has 2 aliphatic rings. The van der Waals surface area contributed by atoms with Crippen molar-refractivity contribution in [3.8, 4) is 0 Å². The van der Waals surface area contributed by atoms with Crippen molar-refractivity contribution in [2.75, 3.05) is 22.9 Å². The number of primary sulfonamides is 1. The summed E-state index contributed by atoms with van der Waals surface area (Å²) in [6.07, 6.45) is 2.41. The van der Waals surface area contributed by atoms with Gasteiger partial charge >= 0.3 is 0 Å². The maximum atomic E-state index is 13.6. The fraction of sp³-hybridized carbons (Fsp3) is 0.240. The van der Waals surface area contributed by atoms with Crippen LogP contribution < -0.4 is 14.9 Å². The highest BCUT2D eigenvalue weighted by molar-refractivity contribution is 7.89. The molecule has 7 nitrogen and oxygen atoms in total. The van der Waals surface area contributed by atoms with E-state index < -0.39 is 21.5 Å². The van der Waals surface area contributed by atoms with Crippen molar-refractivity contribution < 1.29 is 18.3 Å². The van der Waals surface area contributed by atoms with Crippen molar-refractivity contribution in [2.24, 2.45) is 5.14 Å². The summed E-state index contributed by atoms with van der Waals surface area (Å²) in [7, 11) is -3.88. The van der Waals surface area contributed by atoms with Crippen molar-refractivity contribution in [3.63, 3.8) is 0 Å². The number of aliphatic hydroxyl groups is 1. The molecule has 3 N–H and O–H groups in total. The number of hydrogen-bond donors (Lipinski definition) is 2. The van der Waals surface area contributed by atoms with Gasteiger partial charge in [0.15, 0.2) is 5.60 Å². The smallest absolute Gasteiger partial charge is 0.268 e. The maximum absolute atomic E-state index is 13.6. The fourth-order valence-electron chi connectivity index (χ4n) is 4.73. The molecule has 0 spiro atoms. The van der Waals surface area contributed by atoms with Crippen molar-refractivity contribution >= 4 is 27.3 Å². The summed E-state index contributed by atoms with van der Waals surface area (Å²) in [5, 5.41) is 16.8. The Morgan fingerprint density at radius 1 is 0.909 bits per heavy atom. The monoisotopic (exact) mass is 463 g/mol. The van der Waals surface area contributed by atoms with Crippen LogP contribution in [0.2, 0.25) is 0 Å². The van der Waals surface area contributed by atoms with Crippen molar-refractivity contribution in [3.05, 3.63) is 89.5 Å². The molecule has 0 unspecified atom stereocenters. The third kappa shape index (κ3) is 3.70. The molecule has 1 saturated heterocycles.